The molecule has 1 N–H and O–H groups in total. The van der Waals surface area contributed by atoms with Gasteiger partial charge in [-0.3, -0.25) is 18.9 Å². The Kier molecular flexibility index (Phi) is 7.78. The van der Waals surface area contributed by atoms with Crippen molar-refractivity contribution < 1.29 is 23.8 Å². The highest BCUT2D eigenvalue weighted by Crippen LogP contribution is 2.44. The Morgan fingerprint density at radius 3 is 2.63 bits per heavy atom. The first kappa shape index (κ1) is 28.3. The smallest absolute Gasteiger partial charge is 0.301 e. The molecule has 1 aliphatic heterocycles. The number of aromatic nitrogens is 4. The number of carbonyl (C=O) groups excluding carboxylic acids is 2. The number of aliphatic hydroxyl groups excluding tert-OH is 1. The first-order valence-electron chi connectivity index (χ1n) is 13.1. The van der Waals surface area contributed by atoms with Crippen LogP contribution in [0.15, 0.2) is 95.5 Å². The van der Waals surface area contributed by atoms with Crippen LogP contribution in [0.2, 0.25) is 0 Å². The van der Waals surface area contributed by atoms with Crippen LogP contribution < -0.4 is 9.64 Å². The SMILES string of the molecule is C=CCOc1ccc(C2C(=C(O)c3c(C)nc4ccccn34)C(=O)C(=O)N2c2nnc(SCc3ccc(F)cc3)s2)cc1. The van der Waals surface area contributed by atoms with Crippen LogP contribution in [-0.4, -0.2) is 43.0 Å². The molecule has 3 aromatic heterocycles. The highest BCUT2D eigenvalue weighted by atomic mass is 32.2. The Morgan fingerprint density at radius 2 is 1.88 bits per heavy atom. The molecule has 43 heavy (non-hydrogen) atoms. The molecular weight excluding hydrogens is 590 g/mol. The third-order valence-corrected chi connectivity index (χ3v) is 8.94. The molecule has 1 saturated heterocycles. The predicted octanol–water partition coefficient (Wildman–Crippen LogP) is 6.12. The number of Topliss-reactive ketones (excluding diaryl/α,β-unsaturated/α-hetero) is 1. The number of ketones is 1. The van der Waals surface area contributed by atoms with Gasteiger partial charge in [-0.1, -0.05) is 66.1 Å². The fourth-order valence-electron chi connectivity index (χ4n) is 4.86. The first-order chi connectivity index (χ1) is 20.9. The summed E-state index contributed by atoms with van der Waals surface area (Å²) < 4.78 is 21.1. The second-order valence-corrected chi connectivity index (χ2v) is 11.8. The fourth-order valence-corrected chi connectivity index (χ4v) is 6.68. The number of imidazole rings is 1. The molecule has 0 spiro atoms. The zero-order valence-corrected chi connectivity index (χ0v) is 24.4. The van der Waals surface area contributed by atoms with E-state index in [0.29, 0.717) is 45.0 Å². The number of hydrogen-bond donors (Lipinski definition) is 1. The number of halogens is 1. The molecule has 0 aliphatic carbocycles. The molecule has 9 nitrogen and oxygen atoms in total. The Hall–Kier alpha value is -4.81. The minimum absolute atomic E-state index is 0.0887. The number of benzene rings is 2. The summed E-state index contributed by atoms with van der Waals surface area (Å²) >= 11 is 2.53. The molecule has 2 aromatic carbocycles. The minimum Gasteiger partial charge on any atom is -0.505 e. The monoisotopic (exact) mass is 613 g/mol. The van der Waals surface area contributed by atoms with Gasteiger partial charge in [0, 0.05) is 11.9 Å². The number of rotatable bonds is 9. The van der Waals surface area contributed by atoms with Crippen molar-refractivity contribution in [1.82, 2.24) is 19.6 Å². The van der Waals surface area contributed by atoms with Crippen molar-refractivity contribution in [3.05, 3.63) is 119 Å². The van der Waals surface area contributed by atoms with Crippen LogP contribution in [0.5, 0.6) is 5.75 Å². The van der Waals surface area contributed by atoms with Gasteiger partial charge < -0.3 is 9.84 Å². The van der Waals surface area contributed by atoms with Crippen LogP contribution in [0.4, 0.5) is 9.52 Å². The zero-order chi connectivity index (χ0) is 30.1. The van der Waals surface area contributed by atoms with Crippen molar-refractivity contribution in [2.75, 3.05) is 11.5 Å². The molecule has 1 fully saturated rings. The third-order valence-electron chi connectivity index (χ3n) is 6.81. The van der Waals surface area contributed by atoms with E-state index in [4.69, 9.17) is 4.74 Å². The van der Waals surface area contributed by atoms with Crippen molar-refractivity contribution in [1.29, 1.82) is 0 Å². The van der Waals surface area contributed by atoms with Gasteiger partial charge >= 0.3 is 5.91 Å². The van der Waals surface area contributed by atoms with Crippen LogP contribution in [0.3, 0.4) is 0 Å². The van der Waals surface area contributed by atoms with E-state index < -0.39 is 17.7 Å². The molecule has 1 amide bonds. The number of fused-ring (bicyclic) bond motifs is 1. The van der Waals surface area contributed by atoms with E-state index in [1.54, 1.807) is 72.1 Å². The molecule has 12 heteroatoms. The van der Waals surface area contributed by atoms with E-state index in [0.717, 1.165) is 16.9 Å². The number of hydrogen-bond acceptors (Lipinski definition) is 9. The lowest BCUT2D eigenvalue weighted by molar-refractivity contribution is -0.132. The van der Waals surface area contributed by atoms with Gasteiger partial charge in [0.25, 0.3) is 5.78 Å². The van der Waals surface area contributed by atoms with Crippen molar-refractivity contribution in [2.45, 2.75) is 23.1 Å². The van der Waals surface area contributed by atoms with Gasteiger partial charge in [-0.25, -0.2) is 9.37 Å². The van der Waals surface area contributed by atoms with Crippen LogP contribution >= 0.6 is 23.1 Å². The lowest BCUT2D eigenvalue weighted by Crippen LogP contribution is -2.29. The summed E-state index contributed by atoms with van der Waals surface area (Å²) in [6, 6.07) is 17.5. The van der Waals surface area contributed by atoms with Crippen molar-refractivity contribution in [2.24, 2.45) is 0 Å². The number of thioether (sulfide) groups is 1. The molecular formula is C31H24FN5O4S2. The number of carbonyl (C=O) groups is 2. The topological polar surface area (TPSA) is 110 Å². The summed E-state index contributed by atoms with van der Waals surface area (Å²) in [5.74, 6) is -1.26. The van der Waals surface area contributed by atoms with Crippen LogP contribution in [0.1, 0.15) is 28.6 Å². The number of aryl methyl sites for hydroxylation is 1. The Morgan fingerprint density at radius 1 is 1.12 bits per heavy atom. The third kappa shape index (κ3) is 5.42. The summed E-state index contributed by atoms with van der Waals surface area (Å²) in [5, 5.41) is 20.4. The van der Waals surface area contributed by atoms with Crippen LogP contribution in [-0.2, 0) is 15.3 Å². The number of ether oxygens (including phenoxy) is 1. The second-order valence-electron chi connectivity index (χ2n) is 9.58. The maximum Gasteiger partial charge on any atom is 0.301 e. The molecule has 4 heterocycles. The van der Waals surface area contributed by atoms with E-state index in [1.165, 1.54) is 28.8 Å². The fraction of sp³-hybridized carbons (Fsp3) is 0.129. The quantitative estimate of drug-likeness (QED) is 0.0529. The van der Waals surface area contributed by atoms with Gasteiger partial charge in [0.05, 0.1) is 17.3 Å². The highest BCUT2D eigenvalue weighted by molar-refractivity contribution is 8.00. The first-order valence-corrected chi connectivity index (χ1v) is 15.0. The van der Waals surface area contributed by atoms with E-state index in [2.05, 4.69) is 21.8 Å². The number of amides is 1. The maximum atomic E-state index is 13.7. The molecule has 1 aliphatic rings. The summed E-state index contributed by atoms with van der Waals surface area (Å²) in [6.45, 7) is 5.70. The maximum absolute atomic E-state index is 13.7. The van der Waals surface area contributed by atoms with Gasteiger partial charge in [-0.05, 0) is 54.4 Å². The van der Waals surface area contributed by atoms with Gasteiger partial charge in [0.1, 0.15) is 29.5 Å². The van der Waals surface area contributed by atoms with Gasteiger partial charge in [-0.15, -0.1) is 10.2 Å². The molecule has 216 valence electrons. The van der Waals surface area contributed by atoms with Crippen LogP contribution in [0.25, 0.3) is 11.4 Å². The molecule has 0 saturated carbocycles. The molecule has 6 rings (SSSR count). The van der Waals surface area contributed by atoms with E-state index in [9.17, 15) is 19.1 Å². The molecule has 5 aromatic rings. The molecule has 0 bridgehead atoms. The summed E-state index contributed by atoms with van der Waals surface area (Å²) in [5.41, 5.74) is 2.77. The molecule has 0 radical (unpaired) electrons. The number of aliphatic hydroxyl groups is 1. The number of pyridine rings is 1. The van der Waals surface area contributed by atoms with Crippen molar-refractivity contribution in [3.63, 3.8) is 0 Å². The standard InChI is InChI=1S/C31H24FN5O4S2/c1-3-16-41-22-13-9-20(10-14-22)26-24(27(38)25-18(2)33-23-6-4-5-15-36(23)25)28(39)29(40)37(26)30-34-35-31(43-30)42-17-19-7-11-21(32)12-8-19/h3-15,26,38H,1,16-17H2,2H3. The Bertz CT molecular complexity index is 1880. The summed E-state index contributed by atoms with van der Waals surface area (Å²) in [6.07, 6.45) is 3.36. The molecule has 1 atom stereocenters. The Labute approximate surface area is 254 Å². The second kappa shape index (κ2) is 11.8. The lowest BCUT2D eigenvalue weighted by Gasteiger charge is -2.22. The highest BCUT2D eigenvalue weighted by Gasteiger charge is 2.49. The minimum atomic E-state index is -0.995. The largest absolute Gasteiger partial charge is 0.505 e. The normalized spacial score (nSPS) is 16.2. The number of nitrogens with zero attached hydrogens (tertiary/aromatic N) is 5. The predicted molar refractivity (Wildman–Crippen MR) is 163 cm³/mol. The Balaban J connectivity index is 1.42. The zero-order valence-electron chi connectivity index (χ0n) is 22.8. The van der Waals surface area contributed by atoms with E-state index in [1.807, 2.05) is 6.07 Å². The van der Waals surface area contributed by atoms with Gasteiger partial charge in [0.2, 0.25) is 5.13 Å². The summed E-state index contributed by atoms with van der Waals surface area (Å²) in [4.78, 5) is 33.1. The van der Waals surface area contributed by atoms with Crippen molar-refractivity contribution in [3.8, 4) is 5.75 Å². The average molecular weight is 614 g/mol. The van der Waals surface area contributed by atoms with Crippen molar-refractivity contribution >= 4 is 51.3 Å². The van der Waals surface area contributed by atoms with Crippen LogP contribution in [0, 0.1) is 12.7 Å². The average Bonchev–Trinajstić information content (AvgIpc) is 3.69. The lowest BCUT2D eigenvalue weighted by atomic mass is 9.96. The van der Waals surface area contributed by atoms with Gasteiger partial charge in [-0.2, -0.15) is 0 Å². The van der Waals surface area contributed by atoms with E-state index in [-0.39, 0.29) is 22.3 Å². The summed E-state index contributed by atoms with van der Waals surface area (Å²) in [7, 11) is 0. The van der Waals surface area contributed by atoms with Gasteiger partial charge in [0.15, 0.2) is 10.1 Å². The van der Waals surface area contributed by atoms with E-state index >= 15 is 0 Å². The molecule has 1 unspecified atom stereocenters. The number of anilines is 1.